The number of hydrogen-bond acceptors (Lipinski definition) is 3. The highest BCUT2D eigenvalue weighted by atomic mass is 32.2. The van der Waals surface area contributed by atoms with Crippen molar-refractivity contribution in [2.75, 3.05) is 6.26 Å². The van der Waals surface area contributed by atoms with E-state index in [1.807, 2.05) is 32.0 Å². The molecule has 4 nitrogen and oxygen atoms in total. The van der Waals surface area contributed by atoms with Crippen LogP contribution in [0.5, 0.6) is 0 Å². The minimum Gasteiger partial charge on any atom is -0.346 e. The van der Waals surface area contributed by atoms with Crippen molar-refractivity contribution in [3.05, 3.63) is 65.2 Å². The van der Waals surface area contributed by atoms with E-state index in [0.29, 0.717) is 5.56 Å². The Hall–Kier alpha value is -2.14. The summed E-state index contributed by atoms with van der Waals surface area (Å²) in [6.07, 6.45) is 1.17. The second-order valence-corrected chi connectivity index (χ2v) is 7.42. The molecule has 0 aliphatic rings. The summed E-state index contributed by atoms with van der Waals surface area (Å²) >= 11 is 0. The van der Waals surface area contributed by atoms with E-state index in [0.717, 1.165) is 11.1 Å². The van der Waals surface area contributed by atoms with Gasteiger partial charge in [-0.25, -0.2) is 8.42 Å². The number of benzene rings is 2. The Balaban J connectivity index is 2.12. The van der Waals surface area contributed by atoms with Gasteiger partial charge in [-0.15, -0.1) is 0 Å². The lowest BCUT2D eigenvalue weighted by Crippen LogP contribution is -2.26. The summed E-state index contributed by atoms with van der Waals surface area (Å²) in [7, 11) is -3.20. The van der Waals surface area contributed by atoms with E-state index in [2.05, 4.69) is 5.32 Å². The number of carbonyl (C=O) groups is 1. The molecule has 2 aromatic carbocycles. The average Bonchev–Trinajstić information content (AvgIpc) is 2.46. The largest absolute Gasteiger partial charge is 0.346 e. The van der Waals surface area contributed by atoms with Crippen LogP contribution in [0.3, 0.4) is 0 Å². The molecular formula is C17H19NO3S. The Kier molecular flexibility index (Phi) is 4.66. The van der Waals surface area contributed by atoms with Crippen molar-refractivity contribution in [1.82, 2.24) is 5.32 Å². The van der Waals surface area contributed by atoms with E-state index in [1.54, 1.807) is 30.3 Å². The maximum atomic E-state index is 12.2. The van der Waals surface area contributed by atoms with Gasteiger partial charge in [-0.3, -0.25) is 4.79 Å². The van der Waals surface area contributed by atoms with Crippen molar-refractivity contribution < 1.29 is 13.2 Å². The highest BCUT2D eigenvalue weighted by molar-refractivity contribution is 7.90. The molecular weight excluding hydrogens is 298 g/mol. The summed E-state index contributed by atoms with van der Waals surface area (Å²) in [6.45, 7) is 3.80. The number of amides is 1. The van der Waals surface area contributed by atoms with Crippen LogP contribution in [0.25, 0.3) is 0 Å². The molecule has 0 fully saturated rings. The molecule has 1 N–H and O–H groups in total. The molecule has 0 unspecified atom stereocenters. The van der Waals surface area contributed by atoms with Crippen LogP contribution < -0.4 is 5.32 Å². The van der Waals surface area contributed by atoms with E-state index in [4.69, 9.17) is 0 Å². The third-order valence-electron chi connectivity index (χ3n) is 3.44. The van der Waals surface area contributed by atoms with Crippen molar-refractivity contribution in [2.24, 2.45) is 0 Å². The minimum absolute atomic E-state index is 0.150. The van der Waals surface area contributed by atoms with Crippen LogP contribution in [0.2, 0.25) is 0 Å². The number of carbonyl (C=O) groups excluding carboxylic acids is 1. The van der Waals surface area contributed by atoms with Gasteiger partial charge in [-0.05, 0) is 43.7 Å². The van der Waals surface area contributed by atoms with Crippen LogP contribution >= 0.6 is 0 Å². The molecule has 0 aliphatic carbocycles. The molecule has 0 bridgehead atoms. The van der Waals surface area contributed by atoms with Gasteiger partial charge < -0.3 is 5.32 Å². The maximum absolute atomic E-state index is 12.2. The summed E-state index contributed by atoms with van der Waals surface area (Å²) in [5.74, 6) is -0.150. The number of hydrogen-bond donors (Lipinski definition) is 1. The van der Waals surface area contributed by atoms with Crippen LogP contribution in [0, 0.1) is 6.92 Å². The summed E-state index contributed by atoms with van der Waals surface area (Å²) < 4.78 is 22.9. The molecule has 0 saturated carbocycles. The highest BCUT2D eigenvalue weighted by Crippen LogP contribution is 2.17. The molecule has 1 atom stereocenters. The van der Waals surface area contributed by atoms with Gasteiger partial charge in [0.2, 0.25) is 0 Å². The lowest BCUT2D eigenvalue weighted by molar-refractivity contribution is 0.0939. The van der Waals surface area contributed by atoms with Gasteiger partial charge in [-0.1, -0.05) is 29.8 Å². The van der Waals surface area contributed by atoms with E-state index in [-0.39, 0.29) is 16.8 Å². The predicted octanol–water partition coefficient (Wildman–Crippen LogP) is 2.89. The van der Waals surface area contributed by atoms with Gasteiger partial charge >= 0.3 is 0 Å². The highest BCUT2D eigenvalue weighted by Gasteiger charge is 2.13. The number of rotatable bonds is 4. The first-order valence-electron chi connectivity index (χ1n) is 6.95. The van der Waals surface area contributed by atoms with E-state index in [1.165, 1.54) is 6.26 Å². The van der Waals surface area contributed by atoms with Gasteiger partial charge in [0, 0.05) is 11.8 Å². The molecule has 0 heterocycles. The fourth-order valence-electron chi connectivity index (χ4n) is 2.15. The first-order valence-corrected chi connectivity index (χ1v) is 8.84. The topological polar surface area (TPSA) is 63.2 Å². The minimum atomic E-state index is -3.20. The predicted molar refractivity (Wildman–Crippen MR) is 86.6 cm³/mol. The second-order valence-electron chi connectivity index (χ2n) is 5.41. The molecule has 22 heavy (non-hydrogen) atoms. The van der Waals surface area contributed by atoms with Crippen LogP contribution in [0.4, 0.5) is 0 Å². The Labute approximate surface area is 131 Å². The fraction of sp³-hybridized carbons (Fsp3) is 0.235. The summed E-state index contributed by atoms with van der Waals surface area (Å²) in [5, 5.41) is 2.91. The zero-order chi connectivity index (χ0) is 16.3. The lowest BCUT2D eigenvalue weighted by Gasteiger charge is -2.15. The number of aryl methyl sites for hydroxylation is 1. The first-order chi connectivity index (χ1) is 10.3. The lowest BCUT2D eigenvalue weighted by atomic mass is 10.1. The number of sulfone groups is 1. The fourth-order valence-corrected chi connectivity index (χ4v) is 2.78. The van der Waals surface area contributed by atoms with Crippen LogP contribution in [0.15, 0.2) is 53.4 Å². The molecule has 0 aliphatic heterocycles. The zero-order valence-electron chi connectivity index (χ0n) is 12.8. The smallest absolute Gasteiger partial charge is 0.251 e. The third-order valence-corrected chi connectivity index (χ3v) is 4.56. The summed E-state index contributed by atoms with van der Waals surface area (Å²) in [6, 6.07) is 13.7. The summed E-state index contributed by atoms with van der Waals surface area (Å²) in [4.78, 5) is 12.5. The van der Waals surface area contributed by atoms with Crippen molar-refractivity contribution in [2.45, 2.75) is 24.8 Å². The first kappa shape index (κ1) is 16.2. The second kappa shape index (κ2) is 6.32. The van der Waals surface area contributed by atoms with E-state index >= 15 is 0 Å². The van der Waals surface area contributed by atoms with Crippen LogP contribution in [0.1, 0.15) is 34.5 Å². The summed E-state index contributed by atoms with van der Waals surface area (Å²) in [5.41, 5.74) is 2.49. The molecule has 116 valence electrons. The van der Waals surface area contributed by atoms with E-state index < -0.39 is 9.84 Å². The average molecular weight is 317 g/mol. The molecule has 0 spiro atoms. The van der Waals surface area contributed by atoms with Crippen molar-refractivity contribution in [3.8, 4) is 0 Å². The molecule has 5 heteroatoms. The Morgan fingerprint density at radius 2 is 1.73 bits per heavy atom. The molecule has 2 aromatic rings. The van der Waals surface area contributed by atoms with Gasteiger partial charge in [0.1, 0.15) is 0 Å². The normalized spacial score (nSPS) is 12.7. The third kappa shape index (κ3) is 3.95. The van der Waals surface area contributed by atoms with Crippen molar-refractivity contribution >= 4 is 15.7 Å². The SMILES string of the molecule is Cc1cccc(C(=O)N[C@H](C)c2ccc(S(C)(=O)=O)cc2)c1. The van der Waals surface area contributed by atoms with Crippen LogP contribution in [-0.2, 0) is 9.84 Å². The van der Waals surface area contributed by atoms with Crippen molar-refractivity contribution in [3.63, 3.8) is 0 Å². The maximum Gasteiger partial charge on any atom is 0.251 e. The molecule has 0 radical (unpaired) electrons. The standard InChI is InChI=1S/C17H19NO3S/c1-12-5-4-6-15(11-12)17(19)18-13(2)14-7-9-16(10-8-14)22(3,20)21/h4-11,13H,1-3H3,(H,18,19)/t13-/m1/s1. The van der Waals surface area contributed by atoms with E-state index in [9.17, 15) is 13.2 Å². The Morgan fingerprint density at radius 1 is 1.09 bits per heavy atom. The monoisotopic (exact) mass is 317 g/mol. The van der Waals surface area contributed by atoms with Gasteiger partial charge in [-0.2, -0.15) is 0 Å². The zero-order valence-corrected chi connectivity index (χ0v) is 13.6. The molecule has 2 rings (SSSR count). The van der Waals surface area contributed by atoms with Crippen LogP contribution in [-0.4, -0.2) is 20.6 Å². The Morgan fingerprint density at radius 3 is 2.27 bits per heavy atom. The van der Waals surface area contributed by atoms with Gasteiger partial charge in [0.25, 0.3) is 5.91 Å². The molecule has 0 saturated heterocycles. The number of nitrogens with one attached hydrogen (secondary N) is 1. The van der Waals surface area contributed by atoms with Crippen molar-refractivity contribution in [1.29, 1.82) is 0 Å². The Bertz CT molecular complexity index is 780. The van der Waals surface area contributed by atoms with Gasteiger partial charge in [0.05, 0.1) is 10.9 Å². The molecule has 0 aromatic heterocycles. The van der Waals surface area contributed by atoms with Gasteiger partial charge in [0.15, 0.2) is 9.84 Å². The molecule has 1 amide bonds. The quantitative estimate of drug-likeness (QED) is 0.943.